The standard InChI is InChI=1S/C22H21ClN2O3S/c23-15-9-11-17(12-10-15)25(22(27)18-7-3-13-28-18)20(19-8-4-14-29-19)21(26)24-16-5-1-2-6-16/h3-4,7-14,16,20H,1-2,5-6H2,(H,24,26). The summed E-state index contributed by atoms with van der Waals surface area (Å²) in [6.07, 6.45) is 5.61. The van der Waals surface area contributed by atoms with Crippen molar-refractivity contribution in [2.75, 3.05) is 4.90 Å². The second kappa shape index (κ2) is 8.84. The van der Waals surface area contributed by atoms with Gasteiger partial charge in [0.1, 0.15) is 0 Å². The molecular weight excluding hydrogens is 408 g/mol. The number of halogens is 1. The first kappa shape index (κ1) is 19.7. The number of furan rings is 1. The fourth-order valence-corrected chi connectivity index (χ4v) is 4.61. The smallest absolute Gasteiger partial charge is 0.295 e. The molecule has 1 atom stereocenters. The Kier molecular flexibility index (Phi) is 6.02. The Labute approximate surface area is 178 Å². The number of anilines is 1. The SMILES string of the molecule is O=C(NC1CCCC1)C(c1cccs1)N(C(=O)c1ccco1)c1ccc(Cl)cc1. The Morgan fingerprint density at radius 2 is 1.86 bits per heavy atom. The van der Waals surface area contributed by atoms with E-state index in [9.17, 15) is 9.59 Å². The molecule has 2 aromatic heterocycles. The van der Waals surface area contributed by atoms with Crippen LogP contribution in [0.5, 0.6) is 0 Å². The topological polar surface area (TPSA) is 62.6 Å². The zero-order valence-electron chi connectivity index (χ0n) is 15.7. The van der Waals surface area contributed by atoms with E-state index in [1.165, 1.54) is 22.5 Å². The first-order valence-electron chi connectivity index (χ1n) is 9.60. The molecule has 1 unspecified atom stereocenters. The minimum absolute atomic E-state index is 0.149. The molecule has 0 saturated heterocycles. The van der Waals surface area contributed by atoms with E-state index in [2.05, 4.69) is 5.32 Å². The Morgan fingerprint density at radius 1 is 1.10 bits per heavy atom. The van der Waals surface area contributed by atoms with Gasteiger partial charge < -0.3 is 9.73 Å². The van der Waals surface area contributed by atoms with Gasteiger partial charge in [0.15, 0.2) is 11.8 Å². The van der Waals surface area contributed by atoms with Crippen LogP contribution in [-0.2, 0) is 4.79 Å². The molecular formula is C22H21ClN2O3S. The van der Waals surface area contributed by atoms with Crippen molar-refractivity contribution in [3.8, 4) is 0 Å². The lowest BCUT2D eigenvalue weighted by molar-refractivity contribution is -0.123. The molecule has 150 valence electrons. The normalized spacial score (nSPS) is 15.2. The van der Waals surface area contributed by atoms with Crippen LogP contribution in [-0.4, -0.2) is 17.9 Å². The van der Waals surface area contributed by atoms with Crippen molar-refractivity contribution < 1.29 is 14.0 Å². The Bertz CT molecular complexity index is 949. The summed E-state index contributed by atoms with van der Waals surface area (Å²) < 4.78 is 5.36. The number of thiophene rings is 1. The van der Waals surface area contributed by atoms with Crippen LogP contribution >= 0.6 is 22.9 Å². The van der Waals surface area contributed by atoms with Gasteiger partial charge in [-0.3, -0.25) is 14.5 Å². The predicted molar refractivity (Wildman–Crippen MR) is 114 cm³/mol. The van der Waals surface area contributed by atoms with Crippen molar-refractivity contribution in [1.82, 2.24) is 5.32 Å². The highest BCUT2D eigenvalue weighted by Gasteiger charge is 2.36. The summed E-state index contributed by atoms with van der Waals surface area (Å²) in [5.41, 5.74) is 0.579. The molecule has 29 heavy (non-hydrogen) atoms. The molecule has 3 aromatic rings. The minimum Gasteiger partial charge on any atom is -0.459 e. The largest absolute Gasteiger partial charge is 0.459 e. The lowest BCUT2D eigenvalue weighted by Gasteiger charge is -2.31. The molecule has 1 aliphatic rings. The molecule has 0 bridgehead atoms. The maximum Gasteiger partial charge on any atom is 0.295 e. The maximum absolute atomic E-state index is 13.4. The highest BCUT2D eigenvalue weighted by atomic mass is 35.5. The van der Waals surface area contributed by atoms with Gasteiger partial charge in [0, 0.05) is 21.6 Å². The van der Waals surface area contributed by atoms with Crippen LogP contribution in [0.2, 0.25) is 5.02 Å². The van der Waals surface area contributed by atoms with E-state index < -0.39 is 6.04 Å². The van der Waals surface area contributed by atoms with Gasteiger partial charge in [-0.05, 0) is 60.7 Å². The molecule has 1 aliphatic carbocycles. The molecule has 0 aliphatic heterocycles. The fraction of sp³-hybridized carbons (Fsp3) is 0.273. The number of benzene rings is 1. The van der Waals surface area contributed by atoms with Gasteiger partial charge >= 0.3 is 0 Å². The molecule has 0 radical (unpaired) electrons. The Hall–Kier alpha value is -2.57. The van der Waals surface area contributed by atoms with Gasteiger partial charge in [0.05, 0.1) is 6.26 Å². The fourth-order valence-electron chi connectivity index (χ4n) is 3.68. The lowest BCUT2D eigenvalue weighted by atomic mass is 10.1. The molecule has 0 spiro atoms. The number of carbonyl (C=O) groups is 2. The van der Waals surface area contributed by atoms with Gasteiger partial charge in [-0.1, -0.05) is 30.5 Å². The van der Waals surface area contributed by atoms with E-state index in [0.717, 1.165) is 30.6 Å². The number of carbonyl (C=O) groups excluding carboxylic acids is 2. The van der Waals surface area contributed by atoms with Crippen LogP contribution in [0.15, 0.2) is 64.6 Å². The summed E-state index contributed by atoms with van der Waals surface area (Å²) in [5, 5.41) is 5.61. The van der Waals surface area contributed by atoms with E-state index in [1.807, 2.05) is 17.5 Å². The van der Waals surface area contributed by atoms with Crippen LogP contribution in [0.4, 0.5) is 5.69 Å². The van der Waals surface area contributed by atoms with Crippen molar-refractivity contribution in [2.24, 2.45) is 0 Å². The van der Waals surface area contributed by atoms with Crippen molar-refractivity contribution in [3.63, 3.8) is 0 Å². The van der Waals surface area contributed by atoms with Gasteiger partial charge in [-0.25, -0.2) is 0 Å². The molecule has 5 nitrogen and oxygen atoms in total. The van der Waals surface area contributed by atoms with Gasteiger partial charge in [0.25, 0.3) is 5.91 Å². The van der Waals surface area contributed by atoms with E-state index >= 15 is 0 Å². The second-order valence-electron chi connectivity index (χ2n) is 7.04. The summed E-state index contributed by atoms with van der Waals surface area (Å²) >= 11 is 7.50. The molecule has 1 saturated carbocycles. The monoisotopic (exact) mass is 428 g/mol. The van der Waals surface area contributed by atoms with E-state index in [0.29, 0.717) is 10.7 Å². The quantitative estimate of drug-likeness (QED) is 0.568. The van der Waals surface area contributed by atoms with Crippen molar-refractivity contribution >= 4 is 40.4 Å². The lowest BCUT2D eigenvalue weighted by Crippen LogP contribution is -2.46. The van der Waals surface area contributed by atoms with Crippen molar-refractivity contribution in [2.45, 2.75) is 37.8 Å². The third-order valence-corrected chi connectivity index (χ3v) is 6.25. The first-order chi connectivity index (χ1) is 14.1. The molecule has 1 N–H and O–H groups in total. The van der Waals surface area contributed by atoms with Crippen molar-refractivity contribution in [3.05, 3.63) is 75.8 Å². The van der Waals surface area contributed by atoms with Crippen LogP contribution < -0.4 is 10.2 Å². The third-order valence-electron chi connectivity index (χ3n) is 5.08. The zero-order chi connectivity index (χ0) is 20.2. The first-order valence-corrected chi connectivity index (χ1v) is 10.9. The Balaban J connectivity index is 1.75. The van der Waals surface area contributed by atoms with E-state index in [-0.39, 0.29) is 23.6 Å². The average molecular weight is 429 g/mol. The molecule has 4 rings (SSSR count). The maximum atomic E-state index is 13.4. The predicted octanol–water partition coefficient (Wildman–Crippen LogP) is 5.44. The zero-order valence-corrected chi connectivity index (χ0v) is 17.3. The van der Waals surface area contributed by atoms with E-state index in [1.54, 1.807) is 36.4 Å². The summed E-state index contributed by atoms with van der Waals surface area (Å²) in [5.74, 6) is -0.387. The molecule has 1 fully saturated rings. The van der Waals surface area contributed by atoms with Crippen LogP contribution in [0.1, 0.15) is 47.2 Å². The highest BCUT2D eigenvalue weighted by molar-refractivity contribution is 7.10. The summed E-state index contributed by atoms with van der Waals surface area (Å²) in [4.78, 5) is 29.1. The molecule has 1 aromatic carbocycles. The van der Waals surface area contributed by atoms with Crippen molar-refractivity contribution in [1.29, 1.82) is 0 Å². The number of hydrogen-bond donors (Lipinski definition) is 1. The third kappa shape index (κ3) is 4.38. The molecule has 2 heterocycles. The number of nitrogens with zero attached hydrogens (tertiary/aromatic N) is 1. The summed E-state index contributed by atoms with van der Waals surface area (Å²) in [6, 6.07) is 13.3. The highest BCUT2D eigenvalue weighted by Crippen LogP contribution is 2.33. The van der Waals surface area contributed by atoms with Crippen LogP contribution in [0.25, 0.3) is 0 Å². The van der Waals surface area contributed by atoms with Crippen LogP contribution in [0, 0.1) is 0 Å². The van der Waals surface area contributed by atoms with Gasteiger partial charge in [-0.2, -0.15) is 0 Å². The van der Waals surface area contributed by atoms with Crippen LogP contribution in [0.3, 0.4) is 0 Å². The average Bonchev–Trinajstić information content (AvgIpc) is 3.49. The molecule has 2 amide bonds. The number of hydrogen-bond acceptors (Lipinski definition) is 4. The summed E-state index contributed by atoms with van der Waals surface area (Å²) in [7, 11) is 0. The van der Waals surface area contributed by atoms with Gasteiger partial charge in [-0.15, -0.1) is 11.3 Å². The minimum atomic E-state index is -0.797. The van der Waals surface area contributed by atoms with Gasteiger partial charge in [0.2, 0.25) is 5.91 Å². The second-order valence-corrected chi connectivity index (χ2v) is 8.45. The number of rotatable bonds is 6. The number of amides is 2. The Morgan fingerprint density at radius 3 is 2.48 bits per heavy atom. The van der Waals surface area contributed by atoms with E-state index in [4.69, 9.17) is 16.0 Å². The summed E-state index contributed by atoms with van der Waals surface area (Å²) in [6.45, 7) is 0. The molecule has 7 heteroatoms. The number of nitrogens with one attached hydrogen (secondary N) is 1.